The molecule has 1 aliphatic heterocycles. The van der Waals surface area contributed by atoms with E-state index in [1.54, 1.807) is 11.9 Å². The smallest absolute Gasteiger partial charge is 0.279 e. The van der Waals surface area contributed by atoms with E-state index in [0.29, 0.717) is 13.1 Å². The lowest BCUT2D eigenvalue weighted by Crippen LogP contribution is -2.60. The fourth-order valence-electron chi connectivity index (χ4n) is 3.36. The van der Waals surface area contributed by atoms with Crippen molar-refractivity contribution in [2.24, 2.45) is 0 Å². The zero-order chi connectivity index (χ0) is 17.4. The highest BCUT2D eigenvalue weighted by Gasteiger charge is 2.35. The van der Waals surface area contributed by atoms with Crippen LogP contribution in [0, 0.1) is 0 Å². The van der Waals surface area contributed by atoms with E-state index in [1.165, 1.54) is 30.8 Å². The van der Waals surface area contributed by atoms with Gasteiger partial charge in [0.25, 0.3) is 11.5 Å². The predicted molar refractivity (Wildman–Crippen MR) is 91.6 cm³/mol. The number of likely N-dealkylation sites (N-methyl/N-ethyl adjacent to an activating group) is 1. The van der Waals surface area contributed by atoms with E-state index in [-0.39, 0.29) is 17.6 Å². The lowest BCUT2D eigenvalue weighted by Gasteiger charge is -2.44. The van der Waals surface area contributed by atoms with Crippen molar-refractivity contribution < 1.29 is 4.79 Å². The van der Waals surface area contributed by atoms with Crippen LogP contribution in [0.25, 0.3) is 0 Å². The Hall–Kier alpha value is -2.77. The summed E-state index contributed by atoms with van der Waals surface area (Å²) in [5.41, 5.74) is 1.88. The number of amides is 1. The molecule has 4 rings (SSSR count). The van der Waals surface area contributed by atoms with Gasteiger partial charge in [-0.3, -0.25) is 9.59 Å². The minimum Gasteiger partial charge on any atom is -0.351 e. The Kier molecular flexibility index (Phi) is 3.95. The Morgan fingerprint density at radius 3 is 2.88 bits per heavy atom. The number of carbonyl (C=O) groups is 1. The third-order valence-corrected chi connectivity index (χ3v) is 5.02. The van der Waals surface area contributed by atoms with Gasteiger partial charge in [-0.1, -0.05) is 0 Å². The molecular weight excluding hydrogens is 320 g/mol. The largest absolute Gasteiger partial charge is 0.351 e. The number of carbonyl (C=O) groups excluding carboxylic acids is 1. The van der Waals surface area contributed by atoms with E-state index in [9.17, 15) is 9.59 Å². The molecule has 8 nitrogen and oxygen atoms in total. The van der Waals surface area contributed by atoms with E-state index in [0.717, 1.165) is 24.4 Å². The molecule has 0 spiro atoms. The second-order valence-corrected chi connectivity index (χ2v) is 6.62. The normalized spacial score (nSPS) is 16.9. The Bertz CT molecular complexity index is 858. The summed E-state index contributed by atoms with van der Waals surface area (Å²) in [4.78, 5) is 34.2. The molecule has 2 aliphatic rings. The Morgan fingerprint density at radius 1 is 1.28 bits per heavy atom. The van der Waals surface area contributed by atoms with Crippen molar-refractivity contribution in [2.75, 3.05) is 25.0 Å². The molecule has 8 heteroatoms. The molecule has 0 atom stereocenters. The average Bonchev–Trinajstić information content (AvgIpc) is 2.60. The van der Waals surface area contributed by atoms with Gasteiger partial charge in [-0.05, 0) is 37.3 Å². The van der Waals surface area contributed by atoms with Crippen molar-refractivity contribution in [1.82, 2.24) is 25.1 Å². The summed E-state index contributed by atoms with van der Waals surface area (Å²) in [6.45, 7) is 1.36. The molecular formula is C17H20N6O2. The lowest BCUT2D eigenvalue weighted by molar-refractivity contribution is 0.0697. The van der Waals surface area contributed by atoms with Gasteiger partial charge in [0, 0.05) is 32.5 Å². The van der Waals surface area contributed by atoms with E-state index < -0.39 is 5.56 Å². The summed E-state index contributed by atoms with van der Waals surface area (Å²) in [6, 6.07) is 2.16. The summed E-state index contributed by atoms with van der Waals surface area (Å²) in [7, 11) is 1.71. The molecule has 0 unspecified atom stereocenters. The predicted octanol–water partition coefficient (Wildman–Crippen LogP) is 0.399. The van der Waals surface area contributed by atoms with Crippen LogP contribution in [0.4, 0.5) is 5.82 Å². The van der Waals surface area contributed by atoms with Crippen molar-refractivity contribution in [3.8, 4) is 0 Å². The zero-order valence-corrected chi connectivity index (χ0v) is 14.1. The maximum Gasteiger partial charge on any atom is 0.279 e. The number of nitrogens with one attached hydrogen (secondary N) is 1. The first-order valence-electron chi connectivity index (χ1n) is 8.55. The van der Waals surface area contributed by atoms with Crippen LogP contribution < -0.4 is 10.5 Å². The highest BCUT2D eigenvalue weighted by molar-refractivity contribution is 5.92. The quantitative estimate of drug-likeness (QED) is 0.869. The second kappa shape index (κ2) is 6.27. The molecule has 3 heterocycles. The molecule has 0 radical (unpaired) electrons. The fraction of sp³-hybridized carbons (Fsp3) is 0.471. The Morgan fingerprint density at radius 2 is 2.08 bits per heavy atom. The zero-order valence-electron chi connectivity index (χ0n) is 14.1. The number of aromatic amines is 1. The molecule has 0 bridgehead atoms. The summed E-state index contributed by atoms with van der Waals surface area (Å²) in [5.74, 6) is 0.511. The monoisotopic (exact) mass is 340 g/mol. The van der Waals surface area contributed by atoms with Crippen LogP contribution in [0.1, 0.15) is 34.6 Å². The van der Waals surface area contributed by atoms with Crippen LogP contribution in [-0.4, -0.2) is 57.2 Å². The van der Waals surface area contributed by atoms with Crippen molar-refractivity contribution in [1.29, 1.82) is 0 Å². The fourth-order valence-corrected chi connectivity index (χ4v) is 3.36. The molecule has 1 amide bonds. The Balaban J connectivity index is 1.42. The molecule has 0 saturated carbocycles. The number of anilines is 1. The van der Waals surface area contributed by atoms with Crippen LogP contribution >= 0.6 is 0 Å². The van der Waals surface area contributed by atoms with E-state index in [4.69, 9.17) is 0 Å². The van der Waals surface area contributed by atoms with Crippen LogP contribution in [-0.2, 0) is 12.8 Å². The third kappa shape index (κ3) is 2.88. The maximum absolute atomic E-state index is 12.4. The molecule has 130 valence electrons. The van der Waals surface area contributed by atoms with E-state index in [1.807, 2.05) is 0 Å². The lowest BCUT2D eigenvalue weighted by atomic mass is 9.96. The topological polar surface area (TPSA) is 95.1 Å². The first-order chi connectivity index (χ1) is 12.1. The first-order valence-corrected chi connectivity index (χ1v) is 8.55. The molecule has 0 aromatic carbocycles. The van der Waals surface area contributed by atoms with Gasteiger partial charge in [-0.2, -0.15) is 5.10 Å². The number of H-pyrrole nitrogens is 1. The third-order valence-electron chi connectivity index (χ3n) is 5.02. The molecule has 1 saturated heterocycles. The van der Waals surface area contributed by atoms with Gasteiger partial charge in [0.2, 0.25) is 0 Å². The minimum absolute atomic E-state index is 0.0340. The van der Waals surface area contributed by atoms with Gasteiger partial charge in [-0.15, -0.1) is 5.10 Å². The van der Waals surface area contributed by atoms with E-state index in [2.05, 4.69) is 31.1 Å². The first kappa shape index (κ1) is 15.7. The summed E-state index contributed by atoms with van der Waals surface area (Å²) in [6.07, 6.45) is 7.30. The SMILES string of the molecule is CN(C(=O)c1ncc[nH]c1=O)C1CN(c2cc3c(nn2)CCCC3)C1. The van der Waals surface area contributed by atoms with Crippen LogP contribution in [0.2, 0.25) is 0 Å². The van der Waals surface area contributed by atoms with Gasteiger partial charge >= 0.3 is 0 Å². The van der Waals surface area contributed by atoms with Gasteiger partial charge < -0.3 is 14.8 Å². The summed E-state index contributed by atoms with van der Waals surface area (Å²) >= 11 is 0. The second-order valence-electron chi connectivity index (χ2n) is 6.62. The van der Waals surface area contributed by atoms with Crippen molar-refractivity contribution in [3.05, 3.63) is 45.8 Å². The van der Waals surface area contributed by atoms with E-state index >= 15 is 0 Å². The highest BCUT2D eigenvalue weighted by atomic mass is 16.2. The van der Waals surface area contributed by atoms with Crippen molar-refractivity contribution in [2.45, 2.75) is 31.7 Å². The number of rotatable bonds is 3. The van der Waals surface area contributed by atoms with Crippen LogP contribution in [0.5, 0.6) is 0 Å². The van der Waals surface area contributed by atoms with Crippen molar-refractivity contribution >= 4 is 11.7 Å². The van der Waals surface area contributed by atoms with Crippen molar-refractivity contribution in [3.63, 3.8) is 0 Å². The van der Waals surface area contributed by atoms with Crippen LogP contribution in [0.15, 0.2) is 23.3 Å². The van der Waals surface area contributed by atoms with Crippen LogP contribution in [0.3, 0.4) is 0 Å². The Labute approximate surface area is 144 Å². The molecule has 2 aromatic heterocycles. The standard InChI is InChI=1S/C17H20N6O2/c1-22(17(25)15-16(24)19-7-6-18-15)12-9-23(10-12)14-8-11-4-2-3-5-13(11)20-21-14/h6-8,12H,2-5,9-10H2,1H3,(H,19,24). The maximum atomic E-state index is 12.4. The number of hydrogen-bond donors (Lipinski definition) is 1. The summed E-state index contributed by atoms with van der Waals surface area (Å²) in [5, 5.41) is 8.69. The average molecular weight is 340 g/mol. The molecule has 1 N–H and O–H groups in total. The molecule has 25 heavy (non-hydrogen) atoms. The number of aryl methyl sites for hydroxylation is 2. The van der Waals surface area contributed by atoms with Gasteiger partial charge in [0.05, 0.1) is 11.7 Å². The number of aromatic nitrogens is 4. The molecule has 2 aromatic rings. The minimum atomic E-state index is -0.462. The number of nitrogens with zero attached hydrogens (tertiary/aromatic N) is 5. The summed E-state index contributed by atoms with van der Waals surface area (Å²) < 4.78 is 0. The number of hydrogen-bond acceptors (Lipinski definition) is 6. The number of fused-ring (bicyclic) bond motifs is 1. The van der Waals surface area contributed by atoms with Gasteiger partial charge in [0.1, 0.15) is 0 Å². The molecule has 1 aliphatic carbocycles. The highest BCUT2D eigenvalue weighted by Crippen LogP contribution is 2.26. The van der Waals surface area contributed by atoms with Gasteiger partial charge in [-0.25, -0.2) is 4.98 Å². The van der Waals surface area contributed by atoms with Gasteiger partial charge in [0.15, 0.2) is 11.5 Å². The molecule has 1 fully saturated rings.